The van der Waals surface area contributed by atoms with Gasteiger partial charge < -0.3 is 18.8 Å². The Morgan fingerprint density at radius 1 is 1.21 bits per heavy atom. The quantitative estimate of drug-likeness (QED) is 0.593. The molecule has 1 aromatic carbocycles. The van der Waals surface area contributed by atoms with Crippen LogP contribution >= 0.6 is 0 Å². The summed E-state index contributed by atoms with van der Waals surface area (Å²) < 4.78 is 18.0. The number of ketones is 1. The standard InChI is InChI=1S/C21H21NO6/c1-21(20(25)26-2)14-11-27-12-15(14)22-9-8-16(23)18(17(22)19(21)24)28-10-13-6-4-3-5-7-13/h3-9,14-15H,10-12H2,1-2H3/t14-,15+,21?/m0/s1. The molecule has 7 heteroatoms. The number of hydrogen-bond donors (Lipinski definition) is 0. The van der Waals surface area contributed by atoms with E-state index in [2.05, 4.69) is 0 Å². The number of carbonyl (C=O) groups is 2. The van der Waals surface area contributed by atoms with Gasteiger partial charge >= 0.3 is 5.97 Å². The van der Waals surface area contributed by atoms with Gasteiger partial charge in [-0.2, -0.15) is 0 Å². The minimum Gasteiger partial charge on any atom is -0.483 e. The van der Waals surface area contributed by atoms with Gasteiger partial charge in [0.25, 0.3) is 0 Å². The first-order chi connectivity index (χ1) is 13.5. The first kappa shape index (κ1) is 18.4. The summed E-state index contributed by atoms with van der Waals surface area (Å²) in [5.41, 5.74) is -0.872. The third-order valence-corrected chi connectivity index (χ3v) is 5.76. The summed E-state index contributed by atoms with van der Waals surface area (Å²) in [5.74, 6) is -1.53. The minimum atomic E-state index is -1.44. The number of pyridine rings is 1. The van der Waals surface area contributed by atoms with Crippen LogP contribution in [0.4, 0.5) is 0 Å². The number of ether oxygens (including phenoxy) is 3. The fourth-order valence-corrected chi connectivity index (χ4v) is 4.14. The molecular formula is C21H21NO6. The van der Waals surface area contributed by atoms with E-state index < -0.39 is 22.6 Å². The lowest BCUT2D eigenvalue weighted by molar-refractivity contribution is -0.152. The van der Waals surface area contributed by atoms with E-state index >= 15 is 0 Å². The molecule has 0 radical (unpaired) electrons. The van der Waals surface area contributed by atoms with Crippen molar-refractivity contribution in [3.8, 4) is 5.75 Å². The molecule has 2 aromatic rings. The maximum absolute atomic E-state index is 13.5. The first-order valence-electron chi connectivity index (χ1n) is 9.11. The van der Waals surface area contributed by atoms with Gasteiger partial charge in [0.15, 0.2) is 5.75 Å². The fraction of sp³-hybridized carbons (Fsp3) is 0.381. The molecule has 146 valence electrons. The lowest BCUT2D eigenvalue weighted by atomic mass is 9.67. The zero-order valence-corrected chi connectivity index (χ0v) is 15.7. The molecule has 1 saturated heterocycles. The molecule has 1 fully saturated rings. The summed E-state index contributed by atoms with van der Waals surface area (Å²) in [6.45, 7) is 2.32. The number of methoxy groups -OCH3 is 1. The molecule has 0 bridgehead atoms. The van der Waals surface area contributed by atoms with Crippen molar-refractivity contribution in [2.75, 3.05) is 20.3 Å². The lowest BCUT2D eigenvalue weighted by Gasteiger charge is -2.40. The summed E-state index contributed by atoms with van der Waals surface area (Å²) >= 11 is 0. The Hall–Kier alpha value is -2.93. The molecule has 2 aliphatic heterocycles. The smallest absolute Gasteiger partial charge is 0.319 e. The van der Waals surface area contributed by atoms with Gasteiger partial charge in [-0.15, -0.1) is 0 Å². The van der Waals surface area contributed by atoms with Crippen LogP contribution in [0.25, 0.3) is 0 Å². The zero-order valence-electron chi connectivity index (χ0n) is 15.7. The van der Waals surface area contributed by atoms with Crippen molar-refractivity contribution in [1.82, 2.24) is 4.57 Å². The number of benzene rings is 1. The topological polar surface area (TPSA) is 83.8 Å². The van der Waals surface area contributed by atoms with Crippen LogP contribution in [-0.2, 0) is 20.9 Å². The third kappa shape index (κ3) is 2.65. The maximum atomic E-state index is 13.5. The summed E-state index contributed by atoms with van der Waals surface area (Å²) in [6.07, 6.45) is 1.58. The molecule has 0 aliphatic carbocycles. The van der Waals surface area contributed by atoms with Gasteiger partial charge in [0.1, 0.15) is 17.7 Å². The van der Waals surface area contributed by atoms with Crippen LogP contribution in [0.2, 0.25) is 0 Å². The molecule has 7 nitrogen and oxygen atoms in total. The Labute approximate surface area is 161 Å². The van der Waals surface area contributed by atoms with E-state index in [0.29, 0.717) is 6.61 Å². The average molecular weight is 383 g/mol. The highest BCUT2D eigenvalue weighted by atomic mass is 16.5. The molecule has 0 spiro atoms. The third-order valence-electron chi connectivity index (χ3n) is 5.76. The van der Waals surface area contributed by atoms with E-state index in [1.54, 1.807) is 17.7 Å². The second kappa shape index (κ2) is 6.91. The van der Waals surface area contributed by atoms with Gasteiger partial charge in [0, 0.05) is 18.2 Å². The van der Waals surface area contributed by atoms with Crippen molar-refractivity contribution >= 4 is 11.8 Å². The van der Waals surface area contributed by atoms with Crippen LogP contribution in [0.5, 0.6) is 5.75 Å². The van der Waals surface area contributed by atoms with Crippen LogP contribution in [0.3, 0.4) is 0 Å². The van der Waals surface area contributed by atoms with Gasteiger partial charge in [-0.25, -0.2) is 0 Å². The van der Waals surface area contributed by atoms with E-state index in [-0.39, 0.29) is 36.6 Å². The van der Waals surface area contributed by atoms with Crippen molar-refractivity contribution in [2.45, 2.75) is 19.6 Å². The number of rotatable bonds is 4. The van der Waals surface area contributed by atoms with Gasteiger partial charge in [-0.1, -0.05) is 30.3 Å². The molecule has 3 heterocycles. The largest absolute Gasteiger partial charge is 0.483 e. The lowest BCUT2D eigenvalue weighted by Crippen LogP contribution is -2.52. The van der Waals surface area contributed by atoms with E-state index in [0.717, 1.165) is 5.56 Å². The molecule has 0 saturated carbocycles. The highest BCUT2D eigenvalue weighted by Gasteiger charge is 2.59. The minimum absolute atomic E-state index is 0.0446. The number of nitrogens with zero attached hydrogens (tertiary/aromatic N) is 1. The Kier molecular flexibility index (Phi) is 4.55. The predicted octanol–water partition coefficient (Wildman–Crippen LogP) is 1.99. The Morgan fingerprint density at radius 2 is 1.96 bits per heavy atom. The van der Waals surface area contributed by atoms with Crippen molar-refractivity contribution in [1.29, 1.82) is 0 Å². The highest BCUT2D eigenvalue weighted by molar-refractivity contribution is 6.13. The summed E-state index contributed by atoms with van der Waals surface area (Å²) in [7, 11) is 1.26. The molecule has 28 heavy (non-hydrogen) atoms. The highest BCUT2D eigenvalue weighted by Crippen LogP contribution is 2.48. The molecule has 1 aromatic heterocycles. The number of Topliss-reactive ketones (excluding diaryl/α,β-unsaturated/α-hetero) is 1. The Balaban J connectivity index is 1.82. The molecule has 0 N–H and O–H groups in total. The van der Waals surface area contributed by atoms with Crippen molar-refractivity contribution < 1.29 is 23.8 Å². The average Bonchev–Trinajstić information content (AvgIpc) is 3.21. The predicted molar refractivity (Wildman–Crippen MR) is 99.3 cm³/mol. The van der Waals surface area contributed by atoms with E-state index in [4.69, 9.17) is 14.2 Å². The van der Waals surface area contributed by atoms with E-state index in [9.17, 15) is 14.4 Å². The molecular weight excluding hydrogens is 362 g/mol. The molecule has 2 aliphatic rings. The second-order valence-electron chi connectivity index (χ2n) is 7.27. The zero-order chi connectivity index (χ0) is 19.9. The summed E-state index contributed by atoms with van der Waals surface area (Å²) in [4.78, 5) is 38.6. The van der Waals surface area contributed by atoms with Crippen molar-refractivity contribution in [2.24, 2.45) is 11.3 Å². The molecule has 0 amide bonds. The van der Waals surface area contributed by atoms with E-state index in [1.165, 1.54) is 13.2 Å². The molecule has 3 atom stereocenters. The second-order valence-corrected chi connectivity index (χ2v) is 7.27. The van der Waals surface area contributed by atoms with Crippen molar-refractivity contribution in [3.63, 3.8) is 0 Å². The van der Waals surface area contributed by atoms with Crippen molar-refractivity contribution in [3.05, 3.63) is 64.1 Å². The van der Waals surface area contributed by atoms with Gasteiger partial charge in [-0.3, -0.25) is 14.4 Å². The number of esters is 1. The van der Waals surface area contributed by atoms with Gasteiger partial charge in [0.2, 0.25) is 11.2 Å². The van der Waals surface area contributed by atoms with Gasteiger partial charge in [0.05, 0.1) is 26.4 Å². The summed E-state index contributed by atoms with van der Waals surface area (Å²) in [5, 5.41) is 0. The maximum Gasteiger partial charge on any atom is 0.319 e. The van der Waals surface area contributed by atoms with Crippen LogP contribution in [-0.4, -0.2) is 36.6 Å². The van der Waals surface area contributed by atoms with Crippen LogP contribution in [0.15, 0.2) is 47.4 Å². The fourth-order valence-electron chi connectivity index (χ4n) is 4.14. The number of fused-ring (bicyclic) bond motifs is 3. The summed E-state index contributed by atoms with van der Waals surface area (Å²) in [6, 6.07) is 10.5. The van der Waals surface area contributed by atoms with Crippen LogP contribution < -0.4 is 10.2 Å². The molecule has 4 rings (SSSR count). The normalized spacial score (nSPS) is 25.7. The van der Waals surface area contributed by atoms with Crippen LogP contribution in [0.1, 0.15) is 29.0 Å². The van der Waals surface area contributed by atoms with Crippen LogP contribution in [0, 0.1) is 11.3 Å². The van der Waals surface area contributed by atoms with E-state index in [1.807, 2.05) is 30.3 Å². The monoisotopic (exact) mass is 383 g/mol. The number of aromatic nitrogens is 1. The number of hydrogen-bond acceptors (Lipinski definition) is 6. The Morgan fingerprint density at radius 3 is 2.68 bits per heavy atom. The molecule has 1 unspecified atom stereocenters. The SMILES string of the molecule is COC(=O)C1(C)C(=O)c2c(OCc3ccccc3)c(=O)ccn2[C@@H]2COC[C@@H]21. The van der Waals surface area contributed by atoms with Gasteiger partial charge in [-0.05, 0) is 12.5 Å². The Bertz CT molecular complexity index is 982. The number of carbonyl (C=O) groups excluding carboxylic acids is 2. The first-order valence-corrected chi connectivity index (χ1v) is 9.11.